The van der Waals surface area contributed by atoms with E-state index in [1.54, 1.807) is 24.3 Å². The zero-order chi connectivity index (χ0) is 14.3. The zero-order valence-corrected chi connectivity index (χ0v) is 13.5. The molecule has 0 aliphatic heterocycles. The summed E-state index contributed by atoms with van der Waals surface area (Å²) >= 11 is 8.10. The lowest BCUT2D eigenvalue weighted by Crippen LogP contribution is -2.34. The summed E-state index contributed by atoms with van der Waals surface area (Å²) in [5.41, 5.74) is 2.23. The number of hydrogen-bond acceptors (Lipinski definition) is 2. The molecule has 3 rings (SSSR count). The lowest BCUT2D eigenvalue weighted by molar-refractivity contribution is -0.601. The molecule has 5 heteroatoms. The third kappa shape index (κ3) is 2.33. The predicted molar refractivity (Wildman–Crippen MR) is 88.6 cm³/mol. The predicted octanol–water partition coefficient (Wildman–Crippen LogP) is 4.10. The van der Waals surface area contributed by atoms with Crippen molar-refractivity contribution in [3.8, 4) is 11.4 Å². The monoisotopic (exact) mass is 396 g/mol. The van der Waals surface area contributed by atoms with Crippen LogP contribution in [0, 0.1) is 15.7 Å². The van der Waals surface area contributed by atoms with Crippen LogP contribution >= 0.6 is 34.2 Å². The van der Waals surface area contributed by atoms with Crippen LogP contribution in [-0.2, 0) is 0 Å². The number of rotatable bonds is 1. The first kappa shape index (κ1) is 13.6. The molecule has 0 N–H and O–H groups in total. The van der Waals surface area contributed by atoms with E-state index in [1.807, 2.05) is 25.1 Å². The van der Waals surface area contributed by atoms with Crippen molar-refractivity contribution in [3.63, 3.8) is 0 Å². The van der Waals surface area contributed by atoms with E-state index in [4.69, 9.17) is 11.6 Å². The van der Waals surface area contributed by atoms with E-state index in [0.29, 0.717) is 16.5 Å². The van der Waals surface area contributed by atoms with Gasteiger partial charge in [0.05, 0.1) is 10.9 Å². The van der Waals surface area contributed by atoms with Crippen LogP contribution in [0.1, 0.15) is 5.69 Å². The van der Waals surface area contributed by atoms with Crippen LogP contribution < -0.4 is 4.73 Å². The second kappa shape index (κ2) is 5.18. The van der Waals surface area contributed by atoms with Gasteiger partial charge in [0.2, 0.25) is 0 Å². The molecule has 1 aromatic heterocycles. The molecule has 0 amide bonds. The quantitative estimate of drug-likeness (QED) is 0.353. The molecule has 0 fully saturated rings. The first-order chi connectivity index (χ1) is 9.56. The zero-order valence-electron chi connectivity index (χ0n) is 10.6. The maximum Gasteiger partial charge on any atom is 0.334 e. The van der Waals surface area contributed by atoms with Crippen LogP contribution in [0.5, 0.6) is 0 Å². The Labute approximate surface area is 134 Å². The summed E-state index contributed by atoms with van der Waals surface area (Å²) < 4.78 is 1.96. The Morgan fingerprint density at radius 1 is 1.15 bits per heavy atom. The van der Waals surface area contributed by atoms with Gasteiger partial charge in [-0.25, -0.2) is 4.73 Å². The van der Waals surface area contributed by atoms with Gasteiger partial charge in [0, 0.05) is 8.59 Å². The fraction of sp³-hybridized carbons (Fsp3) is 0.0667. The summed E-state index contributed by atoms with van der Waals surface area (Å²) in [6, 6.07) is 13.0. The van der Waals surface area contributed by atoms with Gasteiger partial charge in [0.25, 0.3) is 0 Å². The van der Waals surface area contributed by atoms with Crippen molar-refractivity contribution in [2.75, 3.05) is 0 Å². The lowest BCUT2D eigenvalue weighted by atomic mass is 10.1. The maximum atomic E-state index is 12.4. The van der Waals surface area contributed by atoms with Crippen molar-refractivity contribution >= 4 is 45.1 Å². The fourth-order valence-corrected chi connectivity index (χ4v) is 2.72. The molecule has 0 radical (unpaired) electrons. The number of aryl methyl sites for hydroxylation is 1. The number of aromatic nitrogens is 2. The Morgan fingerprint density at radius 2 is 1.85 bits per heavy atom. The van der Waals surface area contributed by atoms with Crippen molar-refractivity contribution in [1.82, 2.24) is 4.98 Å². The number of nitrogens with zero attached hydrogens (tertiary/aromatic N) is 2. The number of benzene rings is 2. The molecule has 3 aromatic rings. The Bertz CT molecular complexity index is 803. The molecule has 2 aromatic carbocycles. The highest BCUT2D eigenvalue weighted by Crippen LogP contribution is 2.22. The third-order valence-corrected chi connectivity index (χ3v) is 4.10. The summed E-state index contributed by atoms with van der Waals surface area (Å²) in [7, 11) is 0. The van der Waals surface area contributed by atoms with Crippen molar-refractivity contribution in [3.05, 3.63) is 62.0 Å². The SMILES string of the molecule is Cc1c2cc(I)ccc2nc(-c2ccc(Cl)cc2)[n+]1[O-]. The van der Waals surface area contributed by atoms with Crippen molar-refractivity contribution in [1.29, 1.82) is 0 Å². The van der Waals surface area contributed by atoms with E-state index in [0.717, 1.165) is 24.8 Å². The van der Waals surface area contributed by atoms with Gasteiger partial charge in [-0.1, -0.05) is 11.6 Å². The van der Waals surface area contributed by atoms with E-state index in [9.17, 15) is 5.21 Å². The second-order valence-corrected chi connectivity index (χ2v) is 6.17. The average Bonchev–Trinajstić information content (AvgIpc) is 2.44. The van der Waals surface area contributed by atoms with Gasteiger partial charge >= 0.3 is 5.82 Å². The highest BCUT2D eigenvalue weighted by atomic mass is 127. The molecule has 0 saturated carbocycles. The second-order valence-electron chi connectivity index (χ2n) is 4.48. The Hall–Kier alpha value is -1.40. The third-order valence-electron chi connectivity index (χ3n) is 3.17. The molecule has 0 aliphatic carbocycles. The molecule has 0 aliphatic rings. The topological polar surface area (TPSA) is 39.8 Å². The van der Waals surface area contributed by atoms with Gasteiger partial charge in [-0.05, 0) is 77.0 Å². The standard InChI is InChI=1S/C15H10ClIN2O/c1-9-13-8-12(17)6-7-14(13)18-15(19(9)20)10-2-4-11(16)5-3-10/h2-8H,1H3. The molecule has 3 nitrogen and oxygen atoms in total. The first-order valence-electron chi connectivity index (χ1n) is 6.01. The van der Waals surface area contributed by atoms with Gasteiger partial charge in [-0.3, -0.25) is 0 Å². The molecule has 1 heterocycles. The number of hydrogen-bond donors (Lipinski definition) is 0. The maximum absolute atomic E-state index is 12.4. The van der Waals surface area contributed by atoms with E-state index in [2.05, 4.69) is 27.6 Å². The average molecular weight is 397 g/mol. The molecule has 0 bridgehead atoms. The molecule has 100 valence electrons. The number of halogens is 2. The van der Waals surface area contributed by atoms with Crippen LogP contribution in [0.2, 0.25) is 5.02 Å². The fourth-order valence-electron chi connectivity index (χ4n) is 2.10. The summed E-state index contributed by atoms with van der Waals surface area (Å²) in [4.78, 5) is 4.48. The summed E-state index contributed by atoms with van der Waals surface area (Å²) in [6.07, 6.45) is 0. The minimum atomic E-state index is 0.396. The Morgan fingerprint density at radius 3 is 2.55 bits per heavy atom. The highest BCUT2D eigenvalue weighted by molar-refractivity contribution is 14.1. The lowest BCUT2D eigenvalue weighted by Gasteiger charge is -2.11. The molecular weight excluding hydrogens is 387 g/mol. The van der Waals surface area contributed by atoms with Crippen LogP contribution in [0.3, 0.4) is 0 Å². The van der Waals surface area contributed by atoms with Crippen LogP contribution in [-0.4, -0.2) is 4.98 Å². The largest absolute Gasteiger partial charge is 0.710 e. The van der Waals surface area contributed by atoms with Gasteiger partial charge in [-0.2, -0.15) is 0 Å². The minimum absolute atomic E-state index is 0.396. The van der Waals surface area contributed by atoms with Crippen LogP contribution in [0.4, 0.5) is 0 Å². The van der Waals surface area contributed by atoms with Crippen molar-refractivity contribution in [2.24, 2.45) is 0 Å². The van der Waals surface area contributed by atoms with Crippen LogP contribution in [0.15, 0.2) is 42.5 Å². The van der Waals surface area contributed by atoms with Crippen molar-refractivity contribution in [2.45, 2.75) is 6.92 Å². The van der Waals surface area contributed by atoms with Gasteiger partial charge in [-0.15, -0.1) is 0 Å². The Kier molecular flexibility index (Phi) is 3.52. The molecule has 0 saturated heterocycles. The summed E-state index contributed by atoms with van der Waals surface area (Å²) in [6.45, 7) is 1.81. The van der Waals surface area contributed by atoms with Gasteiger partial charge in [0.1, 0.15) is 5.69 Å². The molecule has 0 spiro atoms. The summed E-state index contributed by atoms with van der Waals surface area (Å²) in [5, 5.41) is 13.9. The van der Waals surface area contributed by atoms with E-state index >= 15 is 0 Å². The van der Waals surface area contributed by atoms with Gasteiger partial charge in [0.15, 0.2) is 5.52 Å². The number of fused-ring (bicyclic) bond motifs is 1. The summed E-state index contributed by atoms with van der Waals surface area (Å²) in [5.74, 6) is 0.396. The molecule has 0 atom stereocenters. The van der Waals surface area contributed by atoms with Crippen LogP contribution in [0.25, 0.3) is 22.3 Å². The minimum Gasteiger partial charge on any atom is -0.710 e. The van der Waals surface area contributed by atoms with E-state index in [-0.39, 0.29) is 0 Å². The van der Waals surface area contributed by atoms with E-state index in [1.165, 1.54) is 0 Å². The van der Waals surface area contributed by atoms with Crippen molar-refractivity contribution < 1.29 is 4.73 Å². The molecule has 20 heavy (non-hydrogen) atoms. The van der Waals surface area contributed by atoms with E-state index < -0.39 is 0 Å². The molecule has 0 unspecified atom stereocenters. The first-order valence-corrected chi connectivity index (χ1v) is 7.47. The highest BCUT2D eigenvalue weighted by Gasteiger charge is 2.17. The molecular formula is C15H10ClIN2O. The normalized spacial score (nSPS) is 10.9. The smallest absolute Gasteiger partial charge is 0.334 e. The Balaban J connectivity index is 2.29. The van der Waals surface area contributed by atoms with Gasteiger partial charge < -0.3 is 5.21 Å².